The molecule has 3 heterocycles. The summed E-state index contributed by atoms with van der Waals surface area (Å²) < 4.78 is 10.2. The van der Waals surface area contributed by atoms with E-state index in [0.717, 1.165) is 12.0 Å². The number of ether oxygens (including phenoxy) is 2. The Hall–Kier alpha value is -3.56. The number of allylic oxidation sites excluding steroid dienone is 1. The number of unbranched alkanes of at least 4 members (excludes halogenated alkanes) is 1. The number of likely N-dealkylation sites (tertiary alicyclic amines) is 1. The molecule has 2 aromatic carbocycles. The van der Waals surface area contributed by atoms with Crippen LogP contribution in [0.25, 0.3) is 0 Å². The second-order valence-corrected chi connectivity index (χ2v) is 13.4. The van der Waals surface area contributed by atoms with Crippen molar-refractivity contribution in [3.63, 3.8) is 0 Å². The molecule has 0 radical (unpaired) electrons. The molecule has 2 bridgehead atoms. The minimum Gasteiger partial charge on any atom is -0.497 e. The summed E-state index contributed by atoms with van der Waals surface area (Å²) in [4.78, 5) is 46.5. The van der Waals surface area contributed by atoms with E-state index in [-0.39, 0.29) is 48.7 Å². The number of esters is 1. The van der Waals surface area contributed by atoms with Crippen LogP contribution in [0.4, 0.5) is 5.69 Å². The number of hydrogen-bond donors (Lipinski definition) is 1. The first-order chi connectivity index (χ1) is 21.3. The molecule has 234 valence electrons. The van der Waals surface area contributed by atoms with Crippen LogP contribution >= 0.6 is 11.8 Å². The Morgan fingerprint density at radius 3 is 2.52 bits per heavy atom. The van der Waals surface area contributed by atoms with Gasteiger partial charge in [0.1, 0.15) is 11.8 Å². The van der Waals surface area contributed by atoms with E-state index in [1.165, 1.54) is 0 Å². The van der Waals surface area contributed by atoms with Gasteiger partial charge in [0, 0.05) is 17.5 Å². The van der Waals surface area contributed by atoms with E-state index in [0.29, 0.717) is 30.7 Å². The van der Waals surface area contributed by atoms with Crippen LogP contribution in [0.3, 0.4) is 0 Å². The third-order valence-corrected chi connectivity index (χ3v) is 11.4. The molecule has 8 nitrogen and oxygen atoms in total. The Kier molecular flexibility index (Phi) is 9.85. The van der Waals surface area contributed by atoms with Gasteiger partial charge in [-0.3, -0.25) is 14.4 Å². The van der Waals surface area contributed by atoms with Gasteiger partial charge in [-0.2, -0.15) is 0 Å². The molecule has 3 unspecified atom stereocenters. The Balaban J connectivity index is 1.58. The van der Waals surface area contributed by atoms with Crippen molar-refractivity contribution in [2.24, 2.45) is 17.8 Å². The fraction of sp³-hybridized carbons (Fsp3) is 0.457. The van der Waals surface area contributed by atoms with Gasteiger partial charge in [0.2, 0.25) is 5.91 Å². The van der Waals surface area contributed by atoms with Gasteiger partial charge in [0.15, 0.2) is 0 Å². The number of fused-ring (bicyclic) bond motifs is 1. The lowest BCUT2D eigenvalue weighted by atomic mass is 9.66. The Morgan fingerprint density at radius 2 is 1.89 bits per heavy atom. The molecule has 3 aliphatic heterocycles. The topological polar surface area (TPSA) is 96.4 Å². The monoisotopic (exact) mass is 618 g/mol. The average Bonchev–Trinajstić information content (AvgIpc) is 3.64. The number of hydrogen-bond acceptors (Lipinski definition) is 7. The first-order valence-electron chi connectivity index (χ1n) is 15.3. The zero-order valence-corrected chi connectivity index (χ0v) is 26.3. The Morgan fingerprint density at radius 1 is 1.16 bits per heavy atom. The van der Waals surface area contributed by atoms with E-state index in [1.807, 2.05) is 42.5 Å². The van der Waals surface area contributed by atoms with E-state index in [9.17, 15) is 19.5 Å². The third-order valence-electron chi connectivity index (χ3n) is 9.37. The minimum atomic E-state index is -0.897. The first kappa shape index (κ1) is 31.9. The number of rotatable bonds is 14. The summed E-state index contributed by atoms with van der Waals surface area (Å²) in [5, 5.41) is 10.6. The van der Waals surface area contributed by atoms with Crippen LogP contribution in [-0.2, 0) is 25.5 Å². The lowest BCUT2D eigenvalue weighted by molar-refractivity contribution is -0.155. The number of aliphatic hydroxyl groups is 1. The minimum absolute atomic E-state index is 0.0206. The standard InChI is InChI=1S/C35H42N2O6S/c1-5-7-11-19-43-34(41)29-28-20-23(3)35(44-28)30(29)32(39)37(26(22-38)21-24-12-9-8-10-13-24)31(35)33(40)36(18-6-2)25-14-16-27(42-4)17-15-25/h5-6,8-10,12-17,23,26,28-31,38H,1-2,7,11,18-22H2,3-4H3/t23?,26-,28-,29+,30+,31?,35?/m1/s1. The lowest BCUT2D eigenvalue weighted by Gasteiger charge is -2.42. The van der Waals surface area contributed by atoms with Crippen molar-refractivity contribution in [1.82, 2.24) is 4.90 Å². The van der Waals surface area contributed by atoms with E-state index >= 15 is 0 Å². The van der Waals surface area contributed by atoms with Crippen LogP contribution < -0.4 is 9.64 Å². The van der Waals surface area contributed by atoms with Crippen molar-refractivity contribution in [2.45, 2.75) is 54.7 Å². The molecule has 3 fully saturated rings. The normalized spacial score (nSPS) is 27.5. The van der Waals surface area contributed by atoms with Gasteiger partial charge < -0.3 is 24.4 Å². The van der Waals surface area contributed by atoms with Crippen molar-refractivity contribution in [1.29, 1.82) is 0 Å². The molecule has 0 saturated carbocycles. The molecule has 1 spiro atoms. The first-order valence-corrected chi connectivity index (χ1v) is 16.2. The summed E-state index contributed by atoms with van der Waals surface area (Å²) >= 11 is 1.60. The molecule has 0 aromatic heterocycles. The SMILES string of the molecule is C=CCCCOC(=O)[C@@H]1[C@H]2C(=O)N([C@@H](CO)Cc3ccccc3)C(C(=O)N(CC=C)c3ccc(OC)cc3)C23S[C@@H]1CC3C. The maximum atomic E-state index is 14.9. The van der Waals surface area contributed by atoms with Crippen LogP contribution in [0.5, 0.6) is 5.75 Å². The summed E-state index contributed by atoms with van der Waals surface area (Å²) in [7, 11) is 1.58. The predicted octanol–water partition coefficient (Wildman–Crippen LogP) is 4.66. The van der Waals surface area contributed by atoms with Crippen LogP contribution in [0.1, 0.15) is 31.7 Å². The maximum Gasteiger partial charge on any atom is 0.310 e. The van der Waals surface area contributed by atoms with Gasteiger partial charge in [-0.1, -0.05) is 49.4 Å². The highest BCUT2D eigenvalue weighted by atomic mass is 32.2. The van der Waals surface area contributed by atoms with Gasteiger partial charge in [-0.15, -0.1) is 24.9 Å². The third kappa shape index (κ3) is 5.56. The lowest BCUT2D eigenvalue weighted by Crippen LogP contribution is -2.59. The van der Waals surface area contributed by atoms with Crippen LogP contribution in [0, 0.1) is 17.8 Å². The molecular formula is C35H42N2O6S. The van der Waals surface area contributed by atoms with Crippen LogP contribution in [-0.4, -0.2) is 76.7 Å². The second kappa shape index (κ2) is 13.6. The number of nitrogens with zero attached hydrogens (tertiary/aromatic N) is 2. The average molecular weight is 619 g/mol. The molecule has 2 aromatic rings. The summed E-state index contributed by atoms with van der Waals surface area (Å²) in [6.45, 7) is 9.87. The van der Waals surface area contributed by atoms with E-state index in [4.69, 9.17) is 9.47 Å². The zero-order valence-electron chi connectivity index (χ0n) is 25.5. The number of thioether (sulfide) groups is 1. The van der Waals surface area contributed by atoms with Crippen LogP contribution in [0.2, 0.25) is 0 Å². The Labute approximate surface area is 264 Å². The second-order valence-electron chi connectivity index (χ2n) is 11.9. The summed E-state index contributed by atoms with van der Waals surface area (Å²) in [6, 6.07) is 15.3. The number of carbonyl (C=O) groups is 3. The number of carbonyl (C=O) groups excluding carboxylic acids is 3. The summed E-state index contributed by atoms with van der Waals surface area (Å²) in [6.07, 6.45) is 5.91. The molecule has 0 aliphatic carbocycles. The molecule has 3 aliphatic rings. The van der Waals surface area contributed by atoms with Gasteiger partial charge in [0.05, 0.1) is 42.9 Å². The fourth-order valence-electron chi connectivity index (χ4n) is 7.40. The van der Waals surface area contributed by atoms with Crippen molar-refractivity contribution >= 4 is 35.2 Å². The van der Waals surface area contributed by atoms with Gasteiger partial charge in [-0.05, 0) is 61.4 Å². The number of anilines is 1. The van der Waals surface area contributed by atoms with E-state index in [2.05, 4.69) is 20.1 Å². The highest BCUT2D eigenvalue weighted by molar-refractivity contribution is 8.02. The largest absolute Gasteiger partial charge is 0.497 e. The van der Waals surface area contributed by atoms with E-state index in [1.54, 1.807) is 53.0 Å². The zero-order chi connectivity index (χ0) is 31.4. The molecule has 2 amide bonds. The number of aliphatic hydroxyl groups excluding tert-OH is 1. The van der Waals surface area contributed by atoms with Gasteiger partial charge >= 0.3 is 5.97 Å². The van der Waals surface area contributed by atoms with Crippen molar-refractivity contribution in [3.8, 4) is 5.75 Å². The predicted molar refractivity (Wildman–Crippen MR) is 172 cm³/mol. The summed E-state index contributed by atoms with van der Waals surface area (Å²) in [5.41, 5.74) is 1.59. The molecular weight excluding hydrogens is 576 g/mol. The highest BCUT2D eigenvalue weighted by Crippen LogP contribution is 2.69. The molecule has 3 saturated heterocycles. The number of amides is 2. The Bertz CT molecular complexity index is 1370. The fourth-order valence-corrected chi connectivity index (χ4v) is 9.79. The highest BCUT2D eigenvalue weighted by Gasteiger charge is 2.77. The maximum absolute atomic E-state index is 14.9. The molecule has 7 atom stereocenters. The summed E-state index contributed by atoms with van der Waals surface area (Å²) in [5.74, 6) is -1.64. The van der Waals surface area contributed by atoms with Gasteiger partial charge in [-0.25, -0.2) is 0 Å². The molecule has 9 heteroatoms. The smallest absolute Gasteiger partial charge is 0.310 e. The van der Waals surface area contributed by atoms with Crippen molar-refractivity contribution in [2.75, 3.05) is 31.8 Å². The van der Waals surface area contributed by atoms with E-state index < -0.39 is 28.7 Å². The molecule has 1 N–H and O–H groups in total. The quantitative estimate of drug-likeness (QED) is 0.187. The number of methoxy groups -OCH3 is 1. The molecule has 5 rings (SSSR count). The van der Waals surface area contributed by atoms with Crippen LogP contribution in [0.15, 0.2) is 79.9 Å². The number of benzene rings is 2. The van der Waals surface area contributed by atoms with Crippen molar-refractivity contribution in [3.05, 3.63) is 85.5 Å². The molecule has 44 heavy (non-hydrogen) atoms. The van der Waals surface area contributed by atoms with Gasteiger partial charge in [0.25, 0.3) is 5.91 Å². The van der Waals surface area contributed by atoms with Crippen molar-refractivity contribution < 1.29 is 29.0 Å².